The zero-order chi connectivity index (χ0) is 9.28. The zero-order valence-electron chi connectivity index (χ0n) is 4.66. The Morgan fingerprint density at radius 1 is 1.27 bits per heavy atom. The third-order valence-electron chi connectivity index (χ3n) is 0.579. The molecule has 0 fully saturated rings. The third kappa shape index (κ3) is 3.17. The Labute approximate surface area is 62.5 Å². The van der Waals surface area contributed by atoms with Crippen LogP contribution in [-0.2, 0) is 9.84 Å². The summed E-state index contributed by atoms with van der Waals surface area (Å²) in [6.07, 6.45) is -5.56. The fraction of sp³-hybridized carbons (Fsp3) is 1.00. The fourth-order valence-electron chi connectivity index (χ4n) is 0.181. The van der Waals surface area contributed by atoms with E-state index in [0.29, 0.717) is 0 Å². The van der Waals surface area contributed by atoms with Gasteiger partial charge in [-0.3, -0.25) is 4.74 Å². The maximum absolute atomic E-state index is 11.3. The topological polar surface area (TPSA) is 29.1 Å². The molecule has 0 heterocycles. The van der Waals surface area contributed by atoms with Crippen molar-refractivity contribution in [2.75, 3.05) is 0 Å². The summed E-state index contributed by atoms with van der Waals surface area (Å²) in [7, 11) is 0. The van der Waals surface area contributed by atoms with Crippen molar-refractivity contribution in [3.8, 4) is 0 Å². The average Bonchev–Trinajstić information content (AvgIpc) is 1.56. The first kappa shape index (κ1) is 10.9. The van der Waals surface area contributed by atoms with Gasteiger partial charge in [-0.05, 0) is 11.6 Å². The summed E-state index contributed by atoms with van der Waals surface area (Å²) in [5.74, 6) is 0. The maximum atomic E-state index is 11.3. The Hall–Kier alpha value is -0.140. The second-order valence-corrected chi connectivity index (χ2v) is 1.91. The van der Waals surface area contributed by atoms with Gasteiger partial charge in [0.1, 0.15) is 0 Å². The monoisotopic (exact) mass is 199 g/mol. The van der Waals surface area contributed by atoms with Gasteiger partial charge in [-0.15, -0.1) is 0 Å². The molecular weight excluding hydrogens is 198 g/mol. The Balaban J connectivity index is 4.22. The lowest BCUT2D eigenvalue weighted by Crippen LogP contribution is -2.42. The highest BCUT2D eigenvalue weighted by Crippen LogP contribution is 2.36. The standard InChI is InChI=1S/C3HClF5O2/c4-2(10,3(7,8)9)11-1(5)6/h1H. The molecule has 0 aromatic heterocycles. The molecule has 8 heteroatoms. The number of rotatable bonds is 2. The Kier molecular flexibility index (Phi) is 3.04. The number of alkyl halides is 6. The van der Waals surface area contributed by atoms with Gasteiger partial charge in [0.15, 0.2) is 0 Å². The zero-order valence-corrected chi connectivity index (χ0v) is 5.42. The van der Waals surface area contributed by atoms with E-state index in [0.717, 1.165) is 0 Å². The Morgan fingerprint density at radius 3 is 1.73 bits per heavy atom. The largest absolute Gasteiger partial charge is 0.462 e. The van der Waals surface area contributed by atoms with Crippen LogP contribution in [0.2, 0.25) is 0 Å². The van der Waals surface area contributed by atoms with Gasteiger partial charge in [0.25, 0.3) is 0 Å². The summed E-state index contributed by atoms with van der Waals surface area (Å²) in [4.78, 5) is 0. The quantitative estimate of drug-likeness (QED) is 0.380. The molecule has 11 heavy (non-hydrogen) atoms. The van der Waals surface area contributed by atoms with E-state index in [2.05, 4.69) is 16.3 Å². The molecule has 2 nitrogen and oxygen atoms in total. The van der Waals surface area contributed by atoms with Crippen LogP contribution in [0.25, 0.3) is 0 Å². The summed E-state index contributed by atoms with van der Waals surface area (Å²) >= 11 is 4.02. The van der Waals surface area contributed by atoms with Crippen molar-refractivity contribution >= 4 is 11.6 Å². The summed E-state index contributed by atoms with van der Waals surface area (Å²) in [5.41, 5.74) is 0. The molecule has 0 aromatic rings. The SMILES string of the molecule is [O]C(Cl)(OC(F)F)C(F)(F)F. The minimum absolute atomic E-state index is 2.55. The Bertz CT molecular complexity index is 132. The van der Waals surface area contributed by atoms with Gasteiger partial charge >= 0.3 is 18.0 Å². The van der Waals surface area contributed by atoms with Gasteiger partial charge in [0, 0.05) is 0 Å². The van der Waals surface area contributed by atoms with Crippen molar-refractivity contribution in [2.24, 2.45) is 0 Å². The molecular formula is C3HClF5O2. The smallest absolute Gasteiger partial charge is 0.266 e. The van der Waals surface area contributed by atoms with Crippen LogP contribution in [0.4, 0.5) is 22.0 Å². The van der Waals surface area contributed by atoms with Crippen molar-refractivity contribution in [3.05, 3.63) is 0 Å². The predicted octanol–water partition coefficient (Wildman–Crippen LogP) is 2.11. The third-order valence-corrected chi connectivity index (χ3v) is 0.883. The highest BCUT2D eigenvalue weighted by Gasteiger charge is 2.58. The molecule has 0 spiro atoms. The van der Waals surface area contributed by atoms with E-state index in [4.69, 9.17) is 0 Å². The maximum Gasteiger partial charge on any atom is 0.462 e. The van der Waals surface area contributed by atoms with Crippen LogP contribution in [0.15, 0.2) is 0 Å². The number of hydrogen-bond acceptors (Lipinski definition) is 1. The molecule has 0 aromatic carbocycles. The normalized spacial score (nSPS) is 18.5. The molecule has 1 atom stereocenters. The molecule has 0 aliphatic rings. The van der Waals surface area contributed by atoms with Gasteiger partial charge in [-0.25, -0.2) is 0 Å². The highest BCUT2D eigenvalue weighted by atomic mass is 35.5. The molecule has 0 rings (SSSR count). The molecule has 0 bridgehead atoms. The van der Waals surface area contributed by atoms with Crippen molar-refractivity contribution in [2.45, 2.75) is 18.0 Å². The van der Waals surface area contributed by atoms with E-state index in [1.54, 1.807) is 0 Å². The van der Waals surface area contributed by atoms with E-state index in [-0.39, 0.29) is 0 Å². The second-order valence-electron chi connectivity index (χ2n) is 1.41. The molecule has 67 valence electrons. The van der Waals surface area contributed by atoms with Gasteiger partial charge < -0.3 is 0 Å². The van der Waals surface area contributed by atoms with Crippen molar-refractivity contribution < 1.29 is 31.8 Å². The molecule has 0 saturated heterocycles. The summed E-state index contributed by atoms with van der Waals surface area (Å²) in [6, 6.07) is 0. The molecule has 0 saturated carbocycles. The average molecular weight is 199 g/mol. The lowest BCUT2D eigenvalue weighted by Gasteiger charge is -2.20. The molecule has 1 radical (unpaired) electrons. The van der Waals surface area contributed by atoms with E-state index < -0.39 is 18.0 Å². The number of halogens is 6. The lowest BCUT2D eigenvalue weighted by molar-refractivity contribution is -0.381. The minimum atomic E-state index is -5.56. The summed E-state index contributed by atoms with van der Waals surface area (Å²) in [5, 5.41) is 5.30. The van der Waals surface area contributed by atoms with Crippen LogP contribution in [0.1, 0.15) is 0 Å². The van der Waals surface area contributed by atoms with Gasteiger partial charge in [0.05, 0.1) is 0 Å². The van der Waals surface area contributed by atoms with E-state index in [1.807, 2.05) is 0 Å². The van der Waals surface area contributed by atoms with Gasteiger partial charge in [-0.1, -0.05) is 0 Å². The first-order valence-corrected chi connectivity index (χ1v) is 2.46. The summed E-state index contributed by atoms with van der Waals surface area (Å²) in [6.45, 7) is -3.85. The summed E-state index contributed by atoms with van der Waals surface area (Å²) < 4.78 is 58.5. The minimum Gasteiger partial charge on any atom is -0.266 e. The first-order valence-electron chi connectivity index (χ1n) is 2.09. The van der Waals surface area contributed by atoms with E-state index in [9.17, 15) is 27.1 Å². The van der Waals surface area contributed by atoms with Crippen LogP contribution in [-0.4, -0.2) is 18.0 Å². The molecule has 1 unspecified atom stereocenters. The van der Waals surface area contributed by atoms with Crippen molar-refractivity contribution in [1.82, 2.24) is 0 Å². The fourth-order valence-corrected chi connectivity index (χ4v) is 0.249. The van der Waals surface area contributed by atoms with Crippen LogP contribution >= 0.6 is 11.6 Å². The van der Waals surface area contributed by atoms with Crippen LogP contribution in [0.3, 0.4) is 0 Å². The first-order chi connectivity index (χ1) is 4.67. The molecule has 0 aliphatic heterocycles. The van der Waals surface area contributed by atoms with Crippen LogP contribution in [0, 0.1) is 0 Å². The van der Waals surface area contributed by atoms with Crippen LogP contribution < -0.4 is 0 Å². The second kappa shape index (κ2) is 3.08. The highest BCUT2D eigenvalue weighted by molar-refractivity contribution is 6.22. The van der Waals surface area contributed by atoms with Gasteiger partial charge in [0.2, 0.25) is 0 Å². The lowest BCUT2D eigenvalue weighted by atomic mass is 10.6. The van der Waals surface area contributed by atoms with Crippen LogP contribution in [0.5, 0.6) is 0 Å². The number of hydrogen-bond donors (Lipinski definition) is 0. The predicted molar refractivity (Wildman–Crippen MR) is 22.4 cm³/mol. The molecule has 0 amide bonds. The van der Waals surface area contributed by atoms with Gasteiger partial charge in [-0.2, -0.15) is 27.1 Å². The number of ether oxygens (including phenoxy) is 1. The Morgan fingerprint density at radius 2 is 1.64 bits per heavy atom. The molecule has 0 N–H and O–H groups in total. The van der Waals surface area contributed by atoms with Crippen molar-refractivity contribution in [1.29, 1.82) is 0 Å². The van der Waals surface area contributed by atoms with E-state index >= 15 is 0 Å². The van der Waals surface area contributed by atoms with E-state index in [1.165, 1.54) is 0 Å². The molecule has 0 aliphatic carbocycles. The van der Waals surface area contributed by atoms with Crippen molar-refractivity contribution in [3.63, 3.8) is 0 Å².